The van der Waals surface area contributed by atoms with Crippen molar-refractivity contribution in [2.75, 3.05) is 6.61 Å². The second-order valence-electron chi connectivity index (χ2n) is 5.50. The molecule has 1 atom stereocenters. The van der Waals surface area contributed by atoms with E-state index >= 15 is 0 Å². The summed E-state index contributed by atoms with van der Waals surface area (Å²) in [5.41, 5.74) is 2.58. The van der Waals surface area contributed by atoms with Crippen LogP contribution in [0.4, 0.5) is 0 Å². The molecular weight excluding hydrogens is 338 g/mol. The Kier molecular flexibility index (Phi) is 5.14. The van der Waals surface area contributed by atoms with Crippen LogP contribution < -0.4 is 5.32 Å². The van der Waals surface area contributed by atoms with Crippen LogP contribution in [0.3, 0.4) is 0 Å². The first-order valence-corrected chi connectivity index (χ1v) is 8.38. The van der Waals surface area contributed by atoms with E-state index in [4.69, 9.17) is 21.3 Å². The molecule has 1 unspecified atom stereocenters. The number of halogens is 1. The number of carbonyl (C=O) groups excluding carboxylic acids is 1. The van der Waals surface area contributed by atoms with Gasteiger partial charge < -0.3 is 10.1 Å². The Hall–Kier alpha value is -2.66. The van der Waals surface area contributed by atoms with E-state index in [-0.39, 0.29) is 0 Å². The van der Waals surface area contributed by atoms with E-state index in [1.165, 1.54) is 0 Å². The smallest absolute Gasteiger partial charge is 0.338 e. The molecular formula is C19H18ClN3O2. The summed E-state index contributed by atoms with van der Waals surface area (Å²) in [5, 5.41) is 3.71. The number of allylic oxidation sites excluding steroid dienone is 1. The number of nitrogens with one attached hydrogen (secondary N) is 1. The van der Waals surface area contributed by atoms with Gasteiger partial charge >= 0.3 is 5.97 Å². The van der Waals surface area contributed by atoms with Gasteiger partial charge in [0.1, 0.15) is 11.7 Å². The van der Waals surface area contributed by atoms with Crippen LogP contribution in [-0.2, 0) is 9.53 Å². The van der Waals surface area contributed by atoms with E-state index in [0.717, 1.165) is 5.56 Å². The number of pyridine rings is 1. The maximum Gasteiger partial charge on any atom is 0.338 e. The summed E-state index contributed by atoms with van der Waals surface area (Å²) in [7, 11) is 0. The zero-order valence-corrected chi connectivity index (χ0v) is 14.7. The van der Waals surface area contributed by atoms with Gasteiger partial charge in [0.05, 0.1) is 12.2 Å². The number of hydrogen-bond donors (Lipinski definition) is 1. The fraction of sp³-hybridized carbons (Fsp3) is 0.211. The van der Waals surface area contributed by atoms with E-state index in [9.17, 15) is 4.79 Å². The molecule has 0 fully saturated rings. The lowest BCUT2D eigenvalue weighted by atomic mass is 9.95. The Labute approximate surface area is 151 Å². The van der Waals surface area contributed by atoms with Crippen molar-refractivity contribution in [3.63, 3.8) is 0 Å². The molecule has 0 saturated carbocycles. The fourth-order valence-corrected chi connectivity index (χ4v) is 2.94. The Morgan fingerprint density at radius 2 is 2.00 bits per heavy atom. The van der Waals surface area contributed by atoms with Crippen LogP contribution in [0.1, 0.15) is 31.1 Å². The number of hydrogen-bond acceptors (Lipinski definition) is 5. The summed E-state index contributed by atoms with van der Waals surface area (Å²) >= 11 is 6.37. The molecule has 1 N–H and O–H groups in total. The lowest BCUT2D eigenvalue weighted by molar-refractivity contribution is -0.138. The number of ether oxygens (including phenoxy) is 1. The first-order chi connectivity index (χ1) is 12.1. The molecule has 1 aromatic heterocycles. The molecule has 2 heterocycles. The monoisotopic (exact) mass is 355 g/mol. The number of nitrogens with zero attached hydrogens (tertiary/aromatic N) is 2. The van der Waals surface area contributed by atoms with Gasteiger partial charge in [-0.2, -0.15) is 0 Å². The number of aromatic nitrogens is 1. The number of esters is 1. The van der Waals surface area contributed by atoms with Crippen molar-refractivity contribution in [1.82, 2.24) is 10.3 Å². The van der Waals surface area contributed by atoms with Crippen LogP contribution in [0, 0.1) is 0 Å². The van der Waals surface area contributed by atoms with Crippen molar-refractivity contribution in [2.24, 2.45) is 4.99 Å². The van der Waals surface area contributed by atoms with Gasteiger partial charge in [0.15, 0.2) is 5.84 Å². The Balaban J connectivity index is 2.11. The van der Waals surface area contributed by atoms with Gasteiger partial charge in [-0.15, -0.1) is 0 Å². The summed E-state index contributed by atoms with van der Waals surface area (Å²) < 4.78 is 5.22. The normalized spacial score (nSPS) is 16.9. The zero-order chi connectivity index (χ0) is 17.8. The molecule has 1 aliphatic heterocycles. The zero-order valence-electron chi connectivity index (χ0n) is 14.0. The van der Waals surface area contributed by atoms with Crippen LogP contribution >= 0.6 is 11.6 Å². The minimum absolute atomic E-state index is 0.293. The molecule has 0 spiro atoms. The van der Waals surface area contributed by atoms with Gasteiger partial charge in [0.25, 0.3) is 0 Å². The molecule has 6 heteroatoms. The molecule has 0 bridgehead atoms. The van der Waals surface area contributed by atoms with Gasteiger partial charge in [-0.1, -0.05) is 35.9 Å². The molecule has 2 aromatic rings. The second kappa shape index (κ2) is 7.49. The molecule has 0 aliphatic carbocycles. The molecule has 3 rings (SSSR count). The Bertz CT molecular complexity index is 847. The molecule has 25 heavy (non-hydrogen) atoms. The third-order valence-electron chi connectivity index (χ3n) is 3.84. The molecule has 1 aromatic carbocycles. The summed E-state index contributed by atoms with van der Waals surface area (Å²) in [4.78, 5) is 21.5. The summed E-state index contributed by atoms with van der Waals surface area (Å²) in [6.45, 7) is 3.90. The number of carbonyl (C=O) groups is 1. The average molecular weight is 356 g/mol. The first kappa shape index (κ1) is 17.2. The summed E-state index contributed by atoms with van der Waals surface area (Å²) in [6.07, 6.45) is 1.70. The highest BCUT2D eigenvalue weighted by Gasteiger charge is 2.31. The van der Waals surface area contributed by atoms with Crippen LogP contribution in [-0.4, -0.2) is 23.4 Å². The Morgan fingerprint density at radius 3 is 2.68 bits per heavy atom. The number of benzene rings is 1. The largest absolute Gasteiger partial charge is 0.463 e. The van der Waals surface area contributed by atoms with E-state index in [2.05, 4.69) is 10.3 Å². The van der Waals surface area contributed by atoms with E-state index in [1.807, 2.05) is 43.3 Å². The number of rotatable bonds is 4. The van der Waals surface area contributed by atoms with Crippen LogP contribution in [0.5, 0.6) is 0 Å². The van der Waals surface area contributed by atoms with Gasteiger partial charge in [0.2, 0.25) is 0 Å². The van der Waals surface area contributed by atoms with E-state index in [1.54, 1.807) is 19.2 Å². The minimum atomic E-state index is -0.550. The highest BCUT2D eigenvalue weighted by molar-refractivity contribution is 6.31. The maximum absolute atomic E-state index is 12.5. The SMILES string of the molecule is CCOC(=O)C1=C(C)NC(c2ccccn2)=NC1c1ccccc1Cl. The lowest BCUT2D eigenvalue weighted by Crippen LogP contribution is -2.33. The highest BCUT2D eigenvalue weighted by Crippen LogP contribution is 2.35. The molecule has 1 aliphatic rings. The van der Waals surface area contributed by atoms with Gasteiger partial charge in [-0.25, -0.2) is 4.79 Å². The standard InChI is InChI=1S/C19H18ClN3O2/c1-3-25-19(24)16-12(2)22-18(15-10-6-7-11-21-15)23-17(16)13-8-4-5-9-14(13)20/h4-11,17H,3H2,1-2H3,(H,22,23). The van der Waals surface area contributed by atoms with Crippen molar-refractivity contribution in [2.45, 2.75) is 19.9 Å². The van der Waals surface area contributed by atoms with Crippen molar-refractivity contribution in [3.05, 3.63) is 76.2 Å². The number of aliphatic imine (C=N–C) groups is 1. The minimum Gasteiger partial charge on any atom is -0.463 e. The van der Waals surface area contributed by atoms with Crippen molar-refractivity contribution >= 4 is 23.4 Å². The quantitative estimate of drug-likeness (QED) is 0.850. The number of amidine groups is 1. The molecule has 5 nitrogen and oxygen atoms in total. The Morgan fingerprint density at radius 1 is 1.24 bits per heavy atom. The van der Waals surface area contributed by atoms with Crippen molar-refractivity contribution in [3.8, 4) is 0 Å². The lowest BCUT2D eigenvalue weighted by Gasteiger charge is -2.26. The highest BCUT2D eigenvalue weighted by atomic mass is 35.5. The van der Waals surface area contributed by atoms with Crippen LogP contribution in [0.2, 0.25) is 5.02 Å². The van der Waals surface area contributed by atoms with Crippen LogP contribution in [0.15, 0.2) is 64.9 Å². The van der Waals surface area contributed by atoms with Crippen LogP contribution in [0.25, 0.3) is 0 Å². The predicted octanol–water partition coefficient (Wildman–Crippen LogP) is 3.66. The predicted molar refractivity (Wildman–Crippen MR) is 97.4 cm³/mol. The third-order valence-corrected chi connectivity index (χ3v) is 4.19. The molecule has 0 amide bonds. The van der Waals surface area contributed by atoms with Crippen molar-refractivity contribution in [1.29, 1.82) is 0 Å². The molecule has 0 radical (unpaired) electrons. The van der Waals surface area contributed by atoms with E-state index in [0.29, 0.717) is 34.4 Å². The summed E-state index contributed by atoms with van der Waals surface area (Å²) in [6, 6.07) is 12.4. The van der Waals surface area contributed by atoms with Gasteiger partial charge in [-0.05, 0) is 32.0 Å². The topological polar surface area (TPSA) is 63.6 Å². The van der Waals surface area contributed by atoms with Gasteiger partial charge in [0, 0.05) is 22.5 Å². The fourth-order valence-electron chi connectivity index (χ4n) is 2.70. The van der Waals surface area contributed by atoms with Crippen molar-refractivity contribution < 1.29 is 9.53 Å². The second-order valence-corrected chi connectivity index (χ2v) is 5.91. The molecule has 128 valence electrons. The molecule has 0 saturated heterocycles. The third kappa shape index (κ3) is 3.56. The first-order valence-electron chi connectivity index (χ1n) is 8.00. The van der Waals surface area contributed by atoms with Gasteiger partial charge in [-0.3, -0.25) is 9.98 Å². The summed E-state index contributed by atoms with van der Waals surface area (Å²) in [5.74, 6) is 0.192. The van der Waals surface area contributed by atoms with E-state index < -0.39 is 12.0 Å². The maximum atomic E-state index is 12.5. The average Bonchev–Trinajstić information content (AvgIpc) is 2.62.